The summed E-state index contributed by atoms with van der Waals surface area (Å²) in [7, 11) is 0. The molecule has 4 fully saturated rings. The summed E-state index contributed by atoms with van der Waals surface area (Å²) in [5.74, 6) is -10.4. The number of hydrogen-bond acceptors (Lipinski definition) is 27. The maximum atomic E-state index is 13.3. The van der Waals surface area contributed by atoms with Crippen LogP contribution < -0.4 is 55.9 Å². The Labute approximate surface area is 470 Å². The molecule has 0 aromatic carbocycles. The van der Waals surface area contributed by atoms with Crippen LogP contribution in [0.15, 0.2) is 12.7 Å². The van der Waals surface area contributed by atoms with Gasteiger partial charge in [-0.15, -0.1) is 6.58 Å². The molecule has 0 spiro atoms. The minimum atomic E-state index is -5.07. The van der Waals surface area contributed by atoms with Crippen molar-refractivity contribution in [2.75, 3.05) is 39.6 Å². The number of rotatable bonds is 27. The normalized spacial score (nSPS) is 36.5. The molecule has 0 bridgehead atoms. The molecule has 0 aromatic heterocycles. The Kier molecular flexibility index (Phi) is 28.1. The fourth-order valence-electron chi connectivity index (χ4n) is 8.92. The first kappa shape index (κ1) is 70.3. The van der Waals surface area contributed by atoms with Crippen molar-refractivity contribution in [3.8, 4) is 0 Å². The van der Waals surface area contributed by atoms with Gasteiger partial charge in [-0.2, -0.15) is 13.2 Å². The zero-order chi connectivity index (χ0) is 58.6. The first-order valence-corrected chi connectivity index (χ1v) is 24.4. The SMILES string of the molecule is C=C[C@@H](O)[C@H](CO[C@@H]1O[C@H](CO)[C@@H](O[C@@H]2O[C@H](CO)[C@H](O[C@@H]3O[C@H](CO)[C@H](O)[C@H](O)[C@H]3NC(C)=O)[C@H](O[C@]3(C(=O)[O-])C[C@H](O)[C@@H](NC(C)=O)[C@H]([C@H](O)[C@H](O)CO)O3)[C@H]2O)[C@H](O)[C@H]1O)NC(=O)CCCCCNC(=O)C(F)(F)F.[Na+]. The van der Waals surface area contributed by atoms with Gasteiger partial charge < -0.3 is 135 Å². The summed E-state index contributed by atoms with van der Waals surface area (Å²) in [5.41, 5.74) is 0. The number of amides is 4. The Hall–Kier alpha value is -2.96. The maximum absolute atomic E-state index is 13.3. The van der Waals surface area contributed by atoms with Gasteiger partial charge in [0.2, 0.25) is 23.5 Å². The van der Waals surface area contributed by atoms with Gasteiger partial charge in [0.1, 0.15) is 97.5 Å². The molecule has 0 saturated carbocycles. The summed E-state index contributed by atoms with van der Waals surface area (Å²) < 4.78 is 83.5. The van der Waals surface area contributed by atoms with Crippen LogP contribution >= 0.6 is 0 Å². The van der Waals surface area contributed by atoms with Gasteiger partial charge in [0.25, 0.3) is 0 Å². The molecular weight excluding hydrogens is 1100 g/mol. The quantitative estimate of drug-likeness (QED) is 0.0206. The monoisotopic (exact) mass is 1170 g/mol. The molecule has 0 aromatic rings. The molecule has 35 heteroatoms. The van der Waals surface area contributed by atoms with E-state index in [0.717, 1.165) is 19.9 Å². The van der Waals surface area contributed by atoms with Crippen molar-refractivity contribution in [1.82, 2.24) is 21.3 Å². The average Bonchev–Trinajstić information content (AvgIpc) is 3.50. The van der Waals surface area contributed by atoms with Crippen LogP contribution in [0.25, 0.3) is 0 Å². The second-order valence-corrected chi connectivity index (χ2v) is 18.8. The summed E-state index contributed by atoms with van der Waals surface area (Å²) in [6.07, 6.45) is -44.6. The van der Waals surface area contributed by atoms with E-state index in [4.69, 9.17) is 37.9 Å². The van der Waals surface area contributed by atoms with E-state index in [1.54, 1.807) is 5.32 Å². The van der Waals surface area contributed by atoms with Crippen LogP contribution in [0.5, 0.6) is 0 Å². The zero-order valence-corrected chi connectivity index (χ0v) is 44.9. The molecule has 0 unspecified atom stereocenters. The fourth-order valence-corrected chi connectivity index (χ4v) is 8.92. The number of nitrogens with one attached hydrogen (secondary N) is 4. The van der Waals surface area contributed by atoms with Gasteiger partial charge in [0, 0.05) is 33.2 Å². The van der Waals surface area contributed by atoms with E-state index in [-0.39, 0.29) is 61.8 Å². The van der Waals surface area contributed by atoms with Gasteiger partial charge in [-0.3, -0.25) is 19.2 Å². The van der Waals surface area contributed by atoms with Crippen molar-refractivity contribution in [2.24, 2.45) is 0 Å². The summed E-state index contributed by atoms with van der Waals surface area (Å²) in [6, 6.07) is -4.86. The molecular formula is C44H70F3N4NaO27. The molecule has 0 aliphatic carbocycles. The number of halogens is 3. The molecule has 79 heavy (non-hydrogen) atoms. The number of aliphatic carboxylic acids is 1. The molecule has 4 aliphatic rings. The summed E-state index contributed by atoms with van der Waals surface area (Å²) in [6.45, 7) is -0.148. The average molecular weight is 1170 g/mol. The van der Waals surface area contributed by atoms with E-state index in [0.29, 0.717) is 0 Å². The Morgan fingerprint density at radius 1 is 0.747 bits per heavy atom. The summed E-state index contributed by atoms with van der Waals surface area (Å²) >= 11 is 0. The molecule has 23 atom stereocenters. The topological polar surface area (TPSA) is 493 Å². The molecule has 4 amide bonds. The number of aliphatic hydroxyl groups is 13. The van der Waals surface area contributed by atoms with Crippen LogP contribution in [-0.4, -0.2) is 282 Å². The third-order valence-electron chi connectivity index (χ3n) is 13.0. The number of alkyl halides is 3. The van der Waals surface area contributed by atoms with Gasteiger partial charge in [-0.25, -0.2) is 0 Å². The van der Waals surface area contributed by atoms with Gasteiger partial charge >= 0.3 is 41.6 Å². The summed E-state index contributed by atoms with van der Waals surface area (Å²) in [5, 5.41) is 163. The van der Waals surface area contributed by atoms with Gasteiger partial charge in [-0.1, -0.05) is 12.5 Å². The second-order valence-electron chi connectivity index (χ2n) is 18.8. The minimum Gasteiger partial charge on any atom is -0.544 e. The standard InChI is InChI=1S/C44H71F3N4O27.Na/c1-4-19(58)18(51-25(61)8-6-5-7-9-48-41(68)44(45,46)47)15-71-39-32(66)31(65)34(23(13-54)73-39)75-40-33(67)37(35(24(14-55)74-40)76-38-27(50-17(3)57)30(64)29(63)22(12-53)72-38)78-43(42(69)70)10-20(59)26(49-16(2)56)36(77-43)28(62)21(60)11-52;/h4,18-24,26-40,52-55,58-60,62-67H,1,5-15H2,2-3H3,(H,48,68)(H,49,56)(H,50,57)(H,51,61)(H,69,70);/q;+1/p-1/t18-,19+,20-,21+,22+,23+,24+,26+,27+,28+,29-,30+,31+,32+,33+,34+,35-,36+,37+,38-,39+,40-,43-;/m0./s1. The first-order valence-electron chi connectivity index (χ1n) is 24.4. The Bertz CT molecular complexity index is 1980. The van der Waals surface area contributed by atoms with Gasteiger partial charge in [0.05, 0.1) is 57.3 Å². The van der Waals surface area contributed by atoms with Crippen LogP contribution in [0.2, 0.25) is 0 Å². The number of hydrogen-bond donors (Lipinski definition) is 17. The van der Waals surface area contributed by atoms with E-state index < -0.39 is 216 Å². The number of carbonyl (C=O) groups is 5. The number of carboxylic acids is 1. The second kappa shape index (κ2) is 31.6. The molecule has 31 nitrogen and oxygen atoms in total. The molecule has 4 aliphatic heterocycles. The molecule has 4 saturated heterocycles. The van der Waals surface area contributed by atoms with Crippen molar-refractivity contribution in [3.05, 3.63) is 12.7 Å². The number of ether oxygens (including phenoxy) is 8. The molecule has 0 radical (unpaired) electrons. The van der Waals surface area contributed by atoms with Gasteiger partial charge in [-0.05, 0) is 12.8 Å². The van der Waals surface area contributed by atoms with E-state index >= 15 is 0 Å². The third kappa shape index (κ3) is 18.3. The van der Waals surface area contributed by atoms with Crippen LogP contribution in [0.3, 0.4) is 0 Å². The Morgan fingerprint density at radius 2 is 1.32 bits per heavy atom. The molecule has 4 rings (SSSR count). The van der Waals surface area contributed by atoms with Crippen molar-refractivity contribution < 1.29 is 176 Å². The van der Waals surface area contributed by atoms with Crippen molar-refractivity contribution in [1.29, 1.82) is 0 Å². The van der Waals surface area contributed by atoms with Crippen LogP contribution in [-0.2, 0) is 61.9 Å². The predicted molar refractivity (Wildman–Crippen MR) is 241 cm³/mol. The van der Waals surface area contributed by atoms with Crippen LogP contribution in [0, 0.1) is 0 Å². The number of unbranched alkanes of at least 4 members (excludes halogenated alkanes) is 2. The Morgan fingerprint density at radius 3 is 1.87 bits per heavy atom. The van der Waals surface area contributed by atoms with E-state index in [1.807, 2.05) is 0 Å². The minimum absolute atomic E-state index is 0. The zero-order valence-electron chi connectivity index (χ0n) is 42.9. The van der Waals surface area contributed by atoms with Crippen LogP contribution in [0.1, 0.15) is 46.0 Å². The number of aliphatic hydroxyl groups excluding tert-OH is 13. The van der Waals surface area contributed by atoms with E-state index in [9.17, 15) is 109 Å². The predicted octanol–water partition coefficient (Wildman–Crippen LogP) is -13.3. The van der Waals surface area contributed by atoms with Crippen molar-refractivity contribution >= 4 is 29.6 Å². The number of carbonyl (C=O) groups excluding carboxylic acids is 5. The van der Waals surface area contributed by atoms with E-state index in [1.165, 1.54) is 0 Å². The van der Waals surface area contributed by atoms with Crippen molar-refractivity contribution in [3.63, 3.8) is 0 Å². The van der Waals surface area contributed by atoms with Gasteiger partial charge in [0.15, 0.2) is 18.9 Å². The molecule has 4 heterocycles. The molecule has 17 N–H and O–H groups in total. The molecule has 450 valence electrons. The largest absolute Gasteiger partial charge is 1.00 e. The third-order valence-corrected chi connectivity index (χ3v) is 13.0. The summed E-state index contributed by atoms with van der Waals surface area (Å²) in [4.78, 5) is 61.5. The Balaban J connectivity index is 0.0000164. The van der Waals surface area contributed by atoms with E-state index in [2.05, 4.69) is 22.5 Å². The number of carboxylic acid groups (broad SMARTS) is 1. The maximum Gasteiger partial charge on any atom is 1.00 e. The fraction of sp³-hybridized carbons (Fsp3) is 0.841. The smallest absolute Gasteiger partial charge is 0.544 e. The van der Waals surface area contributed by atoms with Crippen LogP contribution in [0.4, 0.5) is 13.2 Å². The first-order chi connectivity index (χ1) is 36.6. The van der Waals surface area contributed by atoms with Crippen molar-refractivity contribution in [2.45, 2.75) is 193 Å².